The summed E-state index contributed by atoms with van der Waals surface area (Å²) in [6.07, 6.45) is 6.41. The van der Waals surface area contributed by atoms with Crippen molar-refractivity contribution in [2.24, 2.45) is 0 Å². The summed E-state index contributed by atoms with van der Waals surface area (Å²) in [6, 6.07) is 8.09. The van der Waals surface area contributed by atoms with Crippen molar-refractivity contribution in [3.05, 3.63) is 53.4 Å². The van der Waals surface area contributed by atoms with Gasteiger partial charge in [-0.2, -0.15) is 4.98 Å². The first-order valence-electron chi connectivity index (χ1n) is 14.0. The van der Waals surface area contributed by atoms with E-state index >= 15 is 0 Å². The number of benzene rings is 2. The Hall–Kier alpha value is -3.94. The molecule has 0 unspecified atom stereocenters. The van der Waals surface area contributed by atoms with Crippen molar-refractivity contribution in [2.45, 2.75) is 33.2 Å². The van der Waals surface area contributed by atoms with Crippen molar-refractivity contribution in [2.75, 3.05) is 59.8 Å². The Morgan fingerprint density at radius 1 is 1.02 bits per heavy atom. The predicted molar refractivity (Wildman–Crippen MR) is 173 cm³/mol. The molecule has 2 aromatic carbocycles. The molecule has 1 aliphatic heterocycles. The number of rotatable bonds is 10. The van der Waals surface area contributed by atoms with Crippen molar-refractivity contribution in [1.82, 2.24) is 24.8 Å². The number of sulfonamides is 1. The predicted octanol–water partition coefficient (Wildman–Crippen LogP) is 5.03. The minimum atomic E-state index is -3.63. The van der Waals surface area contributed by atoms with Crippen LogP contribution < -0.4 is 25.0 Å². The van der Waals surface area contributed by atoms with Gasteiger partial charge in [0.25, 0.3) is 0 Å². The van der Waals surface area contributed by atoms with E-state index in [4.69, 9.17) is 16.3 Å². The van der Waals surface area contributed by atoms with Crippen LogP contribution in [0, 0.1) is 0 Å². The molecule has 4 aromatic rings. The summed E-state index contributed by atoms with van der Waals surface area (Å²) >= 11 is 6.48. The monoisotopic (exact) mass is 625 g/mol. The largest absolute Gasteiger partial charge is 0.494 e. The van der Waals surface area contributed by atoms with Crippen LogP contribution in [0.2, 0.25) is 5.02 Å². The van der Waals surface area contributed by atoms with Gasteiger partial charge in [-0.05, 0) is 44.0 Å². The van der Waals surface area contributed by atoms with Crippen LogP contribution in [0.1, 0.15) is 26.3 Å². The molecule has 1 fully saturated rings. The van der Waals surface area contributed by atoms with Gasteiger partial charge >= 0.3 is 0 Å². The van der Waals surface area contributed by atoms with Gasteiger partial charge in [0, 0.05) is 56.4 Å². The molecular formula is C29H36ClN9O3S. The molecular weight excluding hydrogens is 590 g/mol. The first-order chi connectivity index (χ1) is 20.6. The molecule has 0 amide bonds. The van der Waals surface area contributed by atoms with Crippen LogP contribution in [-0.4, -0.2) is 78.8 Å². The smallest absolute Gasteiger partial charge is 0.229 e. The van der Waals surface area contributed by atoms with Crippen LogP contribution in [0.25, 0.3) is 11.0 Å². The molecule has 14 heteroatoms. The summed E-state index contributed by atoms with van der Waals surface area (Å²) in [5, 5.41) is 6.66. The van der Waals surface area contributed by atoms with Crippen molar-refractivity contribution in [3.63, 3.8) is 0 Å². The number of hydrogen-bond acceptors (Lipinski definition) is 11. The number of aromatic nitrogens is 4. The fourth-order valence-electron chi connectivity index (χ4n) is 5.13. The lowest BCUT2D eigenvalue weighted by atomic mass is 10.1. The Bertz CT molecular complexity index is 1730. The minimum absolute atomic E-state index is 0.233. The fraction of sp³-hybridized carbons (Fsp3) is 0.379. The van der Waals surface area contributed by atoms with Crippen LogP contribution in [0.4, 0.5) is 34.5 Å². The van der Waals surface area contributed by atoms with Gasteiger partial charge in [-0.3, -0.25) is 19.6 Å². The summed E-state index contributed by atoms with van der Waals surface area (Å²) in [6.45, 7) is 10.5. The third-order valence-corrected chi connectivity index (χ3v) is 8.19. The molecule has 1 aliphatic rings. The molecule has 3 N–H and O–H groups in total. The lowest BCUT2D eigenvalue weighted by molar-refractivity contribution is 0.209. The average molecular weight is 626 g/mol. The van der Waals surface area contributed by atoms with Gasteiger partial charge in [-0.25, -0.2) is 13.4 Å². The Morgan fingerprint density at radius 2 is 1.77 bits per heavy atom. The van der Waals surface area contributed by atoms with Crippen molar-refractivity contribution in [1.29, 1.82) is 0 Å². The number of halogens is 1. The van der Waals surface area contributed by atoms with E-state index in [9.17, 15) is 8.42 Å². The first kappa shape index (κ1) is 30.5. The zero-order chi connectivity index (χ0) is 30.7. The van der Waals surface area contributed by atoms with Gasteiger partial charge in [0.1, 0.15) is 16.3 Å². The number of nitrogens with one attached hydrogen (secondary N) is 3. The second-order valence-electron chi connectivity index (χ2n) is 10.6. The van der Waals surface area contributed by atoms with E-state index in [0.717, 1.165) is 50.2 Å². The lowest BCUT2D eigenvalue weighted by Crippen LogP contribution is -2.49. The Balaban J connectivity index is 1.44. The maximum absolute atomic E-state index is 12.2. The van der Waals surface area contributed by atoms with Gasteiger partial charge in [0.05, 0.1) is 42.1 Å². The van der Waals surface area contributed by atoms with Crippen LogP contribution >= 0.6 is 11.6 Å². The Morgan fingerprint density at radius 3 is 2.44 bits per heavy atom. The topological polar surface area (TPSA) is 138 Å². The highest BCUT2D eigenvalue weighted by Gasteiger charge is 2.23. The van der Waals surface area contributed by atoms with Gasteiger partial charge in [-0.1, -0.05) is 18.5 Å². The van der Waals surface area contributed by atoms with Gasteiger partial charge < -0.3 is 20.3 Å². The second kappa shape index (κ2) is 12.7. The van der Waals surface area contributed by atoms with E-state index in [1.807, 2.05) is 0 Å². The number of ether oxygens (including phenoxy) is 1. The molecule has 228 valence electrons. The number of fused-ring (bicyclic) bond motifs is 1. The van der Waals surface area contributed by atoms with Crippen LogP contribution in [0.15, 0.2) is 42.9 Å². The average Bonchev–Trinajstić information content (AvgIpc) is 2.99. The zero-order valence-corrected chi connectivity index (χ0v) is 26.4. The molecule has 3 heterocycles. The fourth-order valence-corrected chi connectivity index (χ4v) is 5.85. The molecule has 2 aromatic heterocycles. The molecule has 0 aliphatic carbocycles. The Labute approximate surface area is 256 Å². The zero-order valence-electron chi connectivity index (χ0n) is 24.8. The van der Waals surface area contributed by atoms with E-state index in [1.165, 1.54) is 24.2 Å². The summed E-state index contributed by atoms with van der Waals surface area (Å²) in [5.74, 6) is 1.22. The molecule has 0 bridgehead atoms. The molecule has 1 saturated heterocycles. The van der Waals surface area contributed by atoms with E-state index in [0.29, 0.717) is 28.5 Å². The van der Waals surface area contributed by atoms with Crippen LogP contribution in [0.3, 0.4) is 0 Å². The highest BCUT2D eigenvalue weighted by molar-refractivity contribution is 7.92. The number of hydrogen-bond donors (Lipinski definition) is 3. The maximum Gasteiger partial charge on any atom is 0.229 e. The van der Waals surface area contributed by atoms with E-state index in [-0.39, 0.29) is 22.5 Å². The van der Waals surface area contributed by atoms with Crippen molar-refractivity contribution in [3.8, 4) is 5.75 Å². The molecule has 0 saturated carbocycles. The molecule has 5 rings (SSSR count). The summed E-state index contributed by atoms with van der Waals surface area (Å²) in [5.41, 5.74) is 4.61. The van der Waals surface area contributed by atoms with Gasteiger partial charge in [-0.15, -0.1) is 0 Å². The van der Waals surface area contributed by atoms with Crippen LogP contribution in [-0.2, 0) is 16.4 Å². The highest BCUT2D eigenvalue weighted by Crippen LogP contribution is 2.37. The van der Waals surface area contributed by atoms with Crippen molar-refractivity contribution >= 4 is 67.2 Å². The van der Waals surface area contributed by atoms with Crippen molar-refractivity contribution < 1.29 is 13.2 Å². The number of anilines is 6. The van der Waals surface area contributed by atoms with E-state index < -0.39 is 10.0 Å². The lowest BCUT2D eigenvalue weighted by Gasteiger charge is -2.39. The Kier molecular flexibility index (Phi) is 9.04. The van der Waals surface area contributed by atoms with Gasteiger partial charge in [0.2, 0.25) is 16.0 Å². The summed E-state index contributed by atoms with van der Waals surface area (Å²) in [7, 11) is -1.99. The van der Waals surface area contributed by atoms with Crippen LogP contribution in [0.5, 0.6) is 5.75 Å². The van der Waals surface area contributed by atoms with Gasteiger partial charge in [0.15, 0.2) is 5.82 Å². The molecule has 0 radical (unpaired) electrons. The van der Waals surface area contributed by atoms with E-state index in [2.05, 4.69) is 78.0 Å². The number of aryl methyl sites for hydroxylation is 1. The third-order valence-electron chi connectivity index (χ3n) is 7.34. The summed E-state index contributed by atoms with van der Waals surface area (Å²) in [4.78, 5) is 22.5. The molecule has 0 atom stereocenters. The SMILES string of the molecule is CCc1cc(Nc2ncc(Cl)c(Nc3ccc4nccnc4c3NS(C)(=O)=O)n2)c(OC)cc1N1CCN(C(C)C)CC1. The quantitative estimate of drug-likeness (QED) is 0.219. The third kappa shape index (κ3) is 7.00. The molecule has 0 spiro atoms. The molecule has 12 nitrogen and oxygen atoms in total. The first-order valence-corrected chi connectivity index (χ1v) is 16.3. The normalized spacial score (nSPS) is 14.3. The number of nitrogens with zero attached hydrogens (tertiary/aromatic N) is 6. The summed E-state index contributed by atoms with van der Waals surface area (Å²) < 4.78 is 32.7. The maximum atomic E-state index is 12.2. The highest BCUT2D eigenvalue weighted by atomic mass is 35.5. The number of piperazine rings is 1. The standard InChI is InChI=1S/C29H36ClN9O3S/c1-6-19-15-23(25(42-4)16-24(19)39-13-11-38(12-14-39)18(2)3)35-29-33-17-20(30)28(36-29)34-22-8-7-21-26(32-10-9-31-21)27(22)37-43(5,40)41/h7-10,15-18,37H,6,11-14H2,1-5H3,(H2,33,34,35,36). The number of methoxy groups -OCH3 is 1. The minimum Gasteiger partial charge on any atom is -0.494 e. The van der Waals surface area contributed by atoms with E-state index in [1.54, 1.807) is 19.2 Å². The second-order valence-corrected chi connectivity index (χ2v) is 12.7. The molecule has 43 heavy (non-hydrogen) atoms.